The van der Waals surface area contributed by atoms with Crippen LogP contribution in [0.15, 0.2) is 24.5 Å². The van der Waals surface area contributed by atoms with E-state index in [2.05, 4.69) is 20.3 Å². The lowest BCUT2D eigenvalue weighted by molar-refractivity contribution is 0.181. The van der Waals surface area contributed by atoms with Crippen molar-refractivity contribution in [2.75, 3.05) is 19.5 Å². The number of anilines is 1. The molecule has 0 unspecified atom stereocenters. The van der Waals surface area contributed by atoms with Crippen LogP contribution in [0.4, 0.5) is 5.82 Å². The molecule has 2 rings (SSSR count). The molecule has 0 fully saturated rings. The van der Waals surface area contributed by atoms with Crippen molar-refractivity contribution < 1.29 is 4.74 Å². The summed E-state index contributed by atoms with van der Waals surface area (Å²) in [6.07, 6.45) is 3.54. The molecule has 18 heavy (non-hydrogen) atoms. The van der Waals surface area contributed by atoms with Gasteiger partial charge in [0, 0.05) is 38.2 Å². The predicted octanol–water partition coefficient (Wildman–Crippen LogP) is 2.04. The van der Waals surface area contributed by atoms with Gasteiger partial charge in [-0.05, 0) is 18.6 Å². The number of pyridine rings is 1. The SMILES string of the molecule is CNc1cc(COC)nc(-c2cnccc2C)n1. The van der Waals surface area contributed by atoms with E-state index in [1.807, 2.05) is 26.1 Å². The second-order valence-corrected chi connectivity index (χ2v) is 3.94. The maximum atomic E-state index is 5.11. The van der Waals surface area contributed by atoms with E-state index in [1.54, 1.807) is 19.5 Å². The summed E-state index contributed by atoms with van der Waals surface area (Å²) < 4.78 is 5.11. The molecule has 2 heterocycles. The number of nitrogens with zero attached hydrogens (tertiary/aromatic N) is 3. The van der Waals surface area contributed by atoms with Crippen molar-refractivity contribution in [1.29, 1.82) is 0 Å². The Kier molecular flexibility index (Phi) is 3.84. The lowest BCUT2D eigenvalue weighted by Crippen LogP contribution is -2.02. The lowest BCUT2D eigenvalue weighted by Gasteiger charge is -2.08. The Bertz CT molecular complexity index is 542. The Balaban J connectivity index is 2.50. The molecule has 5 heteroatoms. The molecule has 0 saturated heterocycles. The Morgan fingerprint density at radius 1 is 1.33 bits per heavy atom. The molecule has 1 N–H and O–H groups in total. The average Bonchev–Trinajstić information content (AvgIpc) is 2.39. The summed E-state index contributed by atoms with van der Waals surface area (Å²) in [5.74, 6) is 1.44. The van der Waals surface area contributed by atoms with E-state index in [0.29, 0.717) is 12.4 Å². The van der Waals surface area contributed by atoms with Crippen LogP contribution in [0, 0.1) is 6.92 Å². The van der Waals surface area contributed by atoms with Crippen LogP contribution in [0.2, 0.25) is 0 Å². The highest BCUT2D eigenvalue weighted by Crippen LogP contribution is 2.20. The quantitative estimate of drug-likeness (QED) is 0.891. The molecule has 0 saturated carbocycles. The first-order valence-electron chi connectivity index (χ1n) is 5.70. The highest BCUT2D eigenvalue weighted by Gasteiger charge is 2.08. The third-order valence-electron chi connectivity index (χ3n) is 2.61. The smallest absolute Gasteiger partial charge is 0.163 e. The molecular weight excluding hydrogens is 228 g/mol. The summed E-state index contributed by atoms with van der Waals surface area (Å²) >= 11 is 0. The molecule has 2 aromatic rings. The van der Waals surface area contributed by atoms with Gasteiger partial charge in [0.2, 0.25) is 0 Å². The minimum atomic E-state index is 0.462. The van der Waals surface area contributed by atoms with E-state index in [9.17, 15) is 0 Å². The van der Waals surface area contributed by atoms with E-state index in [-0.39, 0.29) is 0 Å². The van der Waals surface area contributed by atoms with Crippen LogP contribution in [-0.2, 0) is 11.3 Å². The van der Waals surface area contributed by atoms with Crippen LogP contribution in [0.3, 0.4) is 0 Å². The number of ether oxygens (including phenoxy) is 1. The highest BCUT2D eigenvalue weighted by atomic mass is 16.5. The van der Waals surface area contributed by atoms with Gasteiger partial charge in [0.05, 0.1) is 12.3 Å². The lowest BCUT2D eigenvalue weighted by atomic mass is 10.1. The van der Waals surface area contributed by atoms with Crippen molar-refractivity contribution in [3.8, 4) is 11.4 Å². The van der Waals surface area contributed by atoms with Gasteiger partial charge in [-0.25, -0.2) is 9.97 Å². The fourth-order valence-electron chi connectivity index (χ4n) is 1.67. The van der Waals surface area contributed by atoms with E-state index in [4.69, 9.17) is 4.74 Å². The van der Waals surface area contributed by atoms with Gasteiger partial charge in [0.25, 0.3) is 0 Å². The number of nitrogens with one attached hydrogen (secondary N) is 1. The zero-order valence-electron chi connectivity index (χ0n) is 10.8. The number of hydrogen-bond acceptors (Lipinski definition) is 5. The molecule has 0 bridgehead atoms. The third-order valence-corrected chi connectivity index (χ3v) is 2.61. The summed E-state index contributed by atoms with van der Waals surface area (Å²) in [7, 11) is 3.48. The van der Waals surface area contributed by atoms with Gasteiger partial charge >= 0.3 is 0 Å². The van der Waals surface area contributed by atoms with E-state index >= 15 is 0 Å². The molecule has 0 spiro atoms. The summed E-state index contributed by atoms with van der Waals surface area (Å²) in [4.78, 5) is 13.1. The highest BCUT2D eigenvalue weighted by molar-refractivity contribution is 5.60. The summed E-state index contributed by atoms with van der Waals surface area (Å²) in [6.45, 7) is 2.48. The van der Waals surface area contributed by atoms with Crippen LogP contribution in [0.25, 0.3) is 11.4 Å². The van der Waals surface area contributed by atoms with Gasteiger partial charge in [-0.3, -0.25) is 4.98 Å². The molecule has 0 aromatic carbocycles. The molecule has 2 aromatic heterocycles. The van der Waals surface area contributed by atoms with Crippen LogP contribution < -0.4 is 5.32 Å². The van der Waals surface area contributed by atoms with Gasteiger partial charge in [-0.15, -0.1) is 0 Å². The molecule has 5 nitrogen and oxygen atoms in total. The number of rotatable bonds is 4. The first kappa shape index (κ1) is 12.4. The zero-order chi connectivity index (χ0) is 13.0. The molecule has 94 valence electrons. The Hall–Kier alpha value is -2.01. The summed E-state index contributed by atoms with van der Waals surface area (Å²) in [5.41, 5.74) is 2.88. The predicted molar refractivity (Wildman–Crippen MR) is 70.3 cm³/mol. The van der Waals surface area contributed by atoms with Crippen molar-refractivity contribution in [1.82, 2.24) is 15.0 Å². The number of aromatic nitrogens is 3. The first-order valence-corrected chi connectivity index (χ1v) is 5.70. The van der Waals surface area contributed by atoms with Crippen molar-refractivity contribution in [2.24, 2.45) is 0 Å². The molecule has 0 amide bonds. The van der Waals surface area contributed by atoms with Crippen molar-refractivity contribution in [3.63, 3.8) is 0 Å². The van der Waals surface area contributed by atoms with E-state index in [0.717, 1.165) is 22.6 Å². The number of hydrogen-bond donors (Lipinski definition) is 1. The molecule has 0 aliphatic heterocycles. The Labute approximate surface area is 106 Å². The molecule has 0 aliphatic rings. The molecule has 0 radical (unpaired) electrons. The number of methoxy groups -OCH3 is 1. The number of aryl methyl sites for hydroxylation is 1. The fourth-order valence-corrected chi connectivity index (χ4v) is 1.67. The standard InChI is InChI=1S/C13H16N4O/c1-9-4-5-15-7-11(9)13-16-10(8-18-3)6-12(14-2)17-13/h4-7H,8H2,1-3H3,(H,14,16,17). The average molecular weight is 244 g/mol. The monoisotopic (exact) mass is 244 g/mol. The maximum absolute atomic E-state index is 5.11. The zero-order valence-corrected chi connectivity index (χ0v) is 10.8. The van der Waals surface area contributed by atoms with E-state index in [1.165, 1.54) is 0 Å². The first-order chi connectivity index (χ1) is 8.74. The van der Waals surface area contributed by atoms with Gasteiger partial charge in [0.15, 0.2) is 5.82 Å². The summed E-state index contributed by atoms with van der Waals surface area (Å²) in [6, 6.07) is 3.82. The largest absolute Gasteiger partial charge is 0.378 e. The summed E-state index contributed by atoms with van der Waals surface area (Å²) in [5, 5.41) is 3.03. The van der Waals surface area contributed by atoms with Crippen LogP contribution >= 0.6 is 0 Å². The maximum Gasteiger partial charge on any atom is 0.163 e. The topological polar surface area (TPSA) is 59.9 Å². The second kappa shape index (κ2) is 5.55. The van der Waals surface area contributed by atoms with Crippen LogP contribution in [0.1, 0.15) is 11.3 Å². The van der Waals surface area contributed by atoms with E-state index < -0.39 is 0 Å². The van der Waals surface area contributed by atoms with Gasteiger partial charge in [-0.1, -0.05) is 0 Å². The van der Waals surface area contributed by atoms with Gasteiger partial charge < -0.3 is 10.1 Å². The van der Waals surface area contributed by atoms with Gasteiger partial charge in [0.1, 0.15) is 5.82 Å². The van der Waals surface area contributed by atoms with Crippen LogP contribution in [0.5, 0.6) is 0 Å². The molecule has 0 aliphatic carbocycles. The minimum absolute atomic E-state index is 0.462. The van der Waals surface area contributed by atoms with Crippen molar-refractivity contribution in [3.05, 3.63) is 35.8 Å². The van der Waals surface area contributed by atoms with Crippen molar-refractivity contribution >= 4 is 5.82 Å². The Morgan fingerprint density at radius 2 is 2.17 bits per heavy atom. The Morgan fingerprint density at radius 3 is 2.83 bits per heavy atom. The normalized spacial score (nSPS) is 10.4. The van der Waals surface area contributed by atoms with Gasteiger partial charge in [-0.2, -0.15) is 0 Å². The van der Waals surface area contributed by atoms with Crippen molar-refractivity contribution in [2.45, 2.75) is 13.5 Å². The molecule has 0 atom stereocenters. The van der Waals surface area contributed by atoms with Crippen LogP contribution in [-0.4, -0.2) is 29.1 Å². The minimum Gasteiger partial charge on any atom is -0.378 e. The molecular formula is C13H16N4O. The second-order valence-electron chi connectivity index (χ2n) is 3.94. The third kappa shape index (κ3) is 2.62. The fraction of sp³-hybridized carbons (Fsp3) is 0.308.